The van der Waals surface area contributed by atoms with Gasteiger partial charge in [0.05, 0.1) is 23.1 Å². The first kappa shape index (κ1) is 23.5. The van der Waals surface area contributed by atoms with Gasteiger partial charge >= 0.3 is 5.97 Å². The number of benzene rings is 1. The van der Waals surface area contributed by atoms with Crippen molar-refractivity contribution in [1.82, 2.24) is 14.5 Å². The van der Waals surface area contributed by atoms with E-state index in [1.165, 1.54) is 4.57 Å². The number of aromatic nitrogens is 3. The van der Waals surface area contributed by atoms with Gasteiger partial charge in [-0.15, -0.1) is 0 Å². The number of hydrogen-bond donors (Lipinski definition) is 2. The topological polar surface area (TPSA) is 100 Å². The van der Waals surface area contributed by atoms with Gasteiger partial charge in [0.25, 0.3) is 11.5 Å². The Kier molecular flexibility index (Phi) is 5.96. The number of carboxylic acids is 1. The van der Waals surface area contributed by atoms with Crippen molar-refractivity contribution in [3.8, 4) is 0 Å². The lowest BCUT2D eigenvalue weighted by molar-refractivity contribution is -0.0223. The minimum absolute atomic E-state index is 0.0293. The van der Waals surface area contributed by atoms with Crippen molar-refractivity contribution < 1.29 is 23.1 Å². The highest BCUT2D eigenvalue weighted by Gasteiger charge is 2.35. The van der Waals surface area contributed by atoms with Gasteiger partial charge in [-0.3, -0.25) is 9.36 Å². The molecule has 0 saturated carbocycles. The highest BCUT2D eigenvalue weighted by atomic mass is 19.3. The minimum Gasteiger partial charge on any atom is -0.478 e. The number of aryl methyl sites for hydroxylation is 1. The number of anilines is 2. The van der Waals surface area contributed by atoms with E-state index in [1.807, 2.05) is 13.0 Å². The van der Waals surface area contributed by atoms with Crippen molar-refractivity contribution in [2.24, 2.45) is 7.05 Å². The smallest absolute Gasteiger partial charge is 0.339 e. The van der Waals surface area contributed by atoms with Gasteiger partial charge in [-0.05, 0) is 31.5 Å². The van der Waals surface area contributed by atoms with E-state index in [0.717, 1.165) is 17.8 Å². The summed E-state index contributed by atoms with van der Waals surface area (Å²) < 4.78 is 42.2. The maximum absolute atomic E-state index is 13.7. The van der Waals surface area contributed by atoms with Crippen molar-refractivity contribution in [2.75, 3.05) is 23.3 Å². The summed E-state index contributed by atoms with van der Waals surface area (Å²) in [6, 6.07) is 3.83. The van der Waals surface area contributed by atoms with Crippen molar-refractivity contribution in [3.63, 3.8) is 0 Å². The molecule has 2 N–H and O–H groups in total. The average Bonchev–Trinajstić information content (AvgIpc) is 2.77. The molecule has 2 aromatic heterocycles. The fourth-order valence-corrected chi connectivity index (χ4v) is 4.19. The summed E-state index contributed by atoms with van der Waals surface area (Å²) in [6.45, 7) is 3.68. The van der Waals surface area contributed by atoms with Crippen LogP contribution in [0.15, 0.2) is 29.2 Å². The lowest BCUT2D eigenvalue weighted by Crippen LogP contribution is -2.42. The average molecular weight is 475 g/mol. The monoisotopic (exact) mass is 475 g/mol. The van der Waals surface area contributed by atoms with Crippen molar-refractivity contribution in [1.29, 1.82) is 0 Å². The molecule has 0 unspecified atom stereocenters. The van der Waals surface area contributed by atoms with Crippen LogP contribution in [0.5, 0.6) is 0 Å². The fourth-order valence-electron chi connectivity index (χ4n) is 4.19. The van der Waals surface area contributed by atoms with Crippen LogP contribution in [-0.4, -0.2) is 44.6 Å². The van der Waals surface area contributed by atoms with Gasteiger partial charge in [0.15, 0.2) is 0 Å². The summed E-state index contributed by atoms with van der Waals surface area (Å²) >= 11 is 0. The first-order valence-electron chi connectivity index (χ1n) is 10.8. The molecule has 4 rings (SSSR count). The first-order valence-corrected chi connectivity index (χ1v) is 10.8. The number of nitrogens with zero attached hydrogens (tertiary/aromatic N) is 4. The summed E-state index contributed by atoms with van der Waals surface area (Å²) in [5.41, 5.74) is 1.10. The van der Waals surface area contributed by atoms with E-state index in [4.69, 9.17) is 0 Å². The summed E-state index contributed by atoms with van der Waals surface area (Å²) in [5.74, 6) is -4.60. The normalized spacial score (nSPS) is 16.5. The lowest BCUT2D eigenvalue weighted by Gasteiger charge is -2.33. The van der Waals surface area contributed by atoms with Crippen LogP contribution in [-0.2, 0) is 7.05 Å². The maximum atomic E-state index is 13.7. The van der Waals surface area contributed by atoms with E-state index in [1.54, 1.807) is 24.9 Å². The molecule has 0 amide bonds. The molecular weight excluding hydrogens is 451 g/mol. The molecule has 0 radical (unpaired) electrons. The van der Waals surface area contributed by atoms with E-state index >= 15 is 0 Å². The third kappa shape index (κ3) is 4.42. The number of piperidine rings is 1. The second kappa shape index (κ2) is 8.62. The Hall–Kier alpha value is -3.63. The number of halogens is 3. The van der Waals surface area contributed by atoms with Gasteiger partial charge < -0.3 is 15.3 Å². The van der Waals surface area contributed by atoms with Gasteiger partial charge in [-0.2, -0.15) is 0 Å². The molecule has 1 saturated heterocycles. The van der Waals surface area contributed by atoms with Crippen LogP contribution in [0.2, 0.25) is 0 Å². The number of alkyl halides is 2. The number of carbonyl (C=O) groups is 1. The zero-order chi connectivity index (χ0) is 24.8. The Bertz CT molecular complexity index is 1330. The van der Waals surface area contributed by atoms with Crippen molar-refractivity contribution in [2.45, 2.75) is 38.7 Å². The zero-order valence-electron chi connectivity index (χ0n) is 18.9. The molecule has 180 valence electrons. The second-order valence-electron chi connectivity index (χ2n) is 8.59. The molecule has 34 heavy (non-hydrogen) atoms. The zero-order valence-corrected chi connectivity index (χ0v) is 18.9. The van der Waals surface area contributed by atoms with Gasteiger partial charge in [-0.1, -0.05) is 6.07 Å². The lowest BCUT2D eigenvalue weighted by atomic mass is 10.0. The van der Waals surface area contributed by atoms with Crippen LogP contribution >= 0.6 is 0 Å². The number of fused-ring (bicyclic) bond motifs is 1. The highest BCUT2D eigenvalue weighted by Crippen LogP contribution is 2.32. The Morgan fingerprint density at radius 2 is 1.91 bits per heavy atom. The highest BCUT2D eigenvalue weighted by molar-refractivity contribution is 5.93. The Balaban J connectivity index is 1.79. The molecule has 3 aromatic rings. The Morgan fingerprint density at radius 1 is 1.24 bits per heavy atom. The molecule has 0 bridgehead atoms. The molecule has 0 aliphatic carbocycles. The molecular formula is C23H24F3N5O3. The van der Waals surface area contributed by atoms with Crippen LogP contribution in [0.25, 0.3) is 10.9 Å². The molecule has 11 heteroatoms. The summed E-state index contributed by atoms with van der Waals surface area (Å²) in [5, 5.41) is 12.7. The van der Waals surface area contributed by atoms with Gasteiger partial charge in [0.2, 0.25) is 5.95 Å². The summed E-state index contributed by atoms with van der Waals surface area (Å²) in [6.07, 6.45) is 0.260. The minimum atomic E-state index is -2.74. The van der Waals surface area contributed by atoms with Crippen LogP contribution in [0.4, 0.5) is 24.9 Å². The quantitative estimate of drug-likeness (QED) is 0.578. The third-order valence-corrected chi connectivity index (χ3v) is 6.01. The Labute approximate surface area is 193 Å². The predicted octanol–water partition coefficient (Wildman–Crippen LogP) is 3.88. The molecule has 1 aliphatic heterocycles. The molecule has 1 fully saturated rings. The number of rotatable bonds is 5. The van der Waals surface area contributed by atoms with E-state index in [-0.39, 0.29) is 48.8 Å². The molecule has 1 aromatic carbocycles. The van der Waals surface area contributed by atoms with Crippen LogP contribution in [0.3, 0.4) is 0 Å². The number of hydrogen-bond acceptors (Lipinski definition) is 6. The predicted molar refractivity (Wildman–Crippen MR) is 121 cm³/mol. The molecule has 8 nitrogen and oxygen atoms in total. The maximum Gasteiger partial charge on any atom is 0.339 e. The molecule has 0 spiro atoms. The largest absolute Gasteiger partial charge is 0.478 e. The van der Waals surface area contributed by atoms with Crippen LogP contribution in [0, 0.1) is 12.7 Å². The standard InChI is InChI=1S/C23H24F3N5O3/c1-12-8-15(13(2)28-19-17(21(33)34)10-14(24)11-27-19)18-16(9-12)20(32)30(3)22(29-18)31-6-4-23(25,26)5-7-31/h8-11,13H,4-7H2,1-3H3,(H,27,28)(H,33,34)/t13-/m1/s1. The molecule has 1 aliphatic rings. The fraction of sp³-hybridized carbons (Fsp3) is 0.391. The molecule has 1 atom stereocenters. The van der Waals surface area contributed by atoms with E-state index < -0.39 is 23.8 Å². The SMILES string of the molecule is Cc1cc([C@@H](C)Nc2ncc(F)cc2C(=O)O)c2nc(N3CCC(F)(F)CC3)n(C)c(=O)c2c1. The second-order valence-corrected chi connectivity index (χ2v) is 8.59. The number of pyridine rings is 1. The van der Waals surface area contributed by atoms with E-state index in [0.29, 0.717) is 16.5 Å². The number of aromatic carboxylic acids is 1. The van der Waals surface area contributed by atoms with Gasteiger partial charge in [-0.25, -0.2) is 27.9 Å². The van der Waals surface area contributed by atoms with E-state index in [2.05, 4.69) is 15.3 Å². The number of carboxylic acid groups (broad SMARTS) is 1. The van der Waals surface area contributed by atoms with Crippen LogP contribution < -0.4 is 15.8 Å². The van der Waals surface area contributed by atoms with Crippen LogP contribution in [0.1, 0.15) is 47.3 Å². The molecule has 3 heterocycles. The number of nitrogens with one attached hydrogen (secondary N) is 1. The summed E-state index contributed by atoms with van der Waals surface area (Å²) in [7, 11) is 1.56. The van der Waals surface area contributed by atoms with Gasteiger partial charge in [0.1, 0.15) is 17.2 Å². The van der Waals surface area contributed by atoms with Gasteiger partial charge in [0, 0.05) is 38.5 Å². The third-order valence-electron chi connectivity index (χ3n) is 6.01. The first-order chi connectivity index (χ1) is 16.0. The van der Waals surface area contributed by atoms with Crippen molar-refractivity contribution in [3.05, 3.63) is 57.3 Å². The summed E-state index contributed by atoms with van der Waals surface area (Å²) in [4.78, 5) is 35.0. The Morgan fingerprint density at radius 3 is 2.56 bits per heavy atom. The van der Waals surface area contributed by atoms with E-state index in [9.17, 15) is 27.9 Å². The van der Waals surface area contributed by atoms with Crippen molar-refractivity contribution >= 4 is 28.6 Å².